The number of amides is 2. The summed E-state index contributed by atoms with van der Waals surface area (Å²) in [6.07, 6.45) is 0.834. The van der Waals surface area contributed by atoms with Crippen molar-refractivity contribution in [2.45, 2.75) is 25.4 Å². The fourth-order valence-electron chi connectivity index (χ4n) is 1.78. The van der Waals surface area contributed by atoms with Gasteiger partial charge in [-0.25, -0.2) is 4.39 Å². The van der Waals surface area contributed by atoms with E-state index < -0.39 is 11.9 Å². The lowest BCUT2D eigenvalue weighted by Gasteiger charge is -2.11. The average Bonchev–Trinajstić information content (AvgIpc) is 2.74. The molecule has 18 heavy (non-hydrogen) atoms. The maximum atomic E-state index is 13.4. The summed E-state index contributed by atoms with van der Waals surface area (Å²) in [6, 6.07) is 3.77. The van der Waals surface area contributed by atoms with Crippen molar-refractivity contribution in [3.63, 3.8) is 0 Å². The minimum absolute atomic E-state index is 0.0776. The molecule has 0 saturated carbocycles. The molecular weight excluding hydrogens is 259 g/mol. The number of halogens is 2. The second kappa shape index (κ2) is 5.35. The SMILES string of the molecule is O=C1CCC(C(=O)NCc2ccc(Cl)cc2F)N1. The van der Waals surface area contributed by atoms with E-state index in [-0.39, 0.29) is 18.4 Å². The lowest BCUT2D eigenvalue weighted by atomic mass is 10.2. The van der Waals surface area contributed by atoms with Crippen LogP contribution in [0.4, 0.5) is 4.39 Å². The number of benzene rings is 1. The molecule has 2 rings (SSSR count). The molecule has 96 valence electrons. The number of carbonyl (C=O) groups excluding carboxylic acids is 2. The van der Waals surface area contributed by atoms with Crippen molar-refractivity contribution in [3.8, 4) is 0 Å². The average molecular weight is 271 g/mol. The molecule has 1 aliphatic heterocycles. The maximum Gasteiger partial charge on any atom is 0.242 e. The molecule has 1 heterocycles. The molecule has 2 N–H and O–H groups in total. The van der Waals surface area contributed by atoms with Crippen LogP contribution < -0.4 is 10.6 Å². The van der Waals surface area contributed by atoms with E-state index in [0.29, 0.717) is 23.4 Å². The number of rotatable bonds is 3. The molecule has 0 bridgehead atoms. The molecule has 0 aliphatic carbocycles. The topological polar surface area (TPSA) is 58.2 Å². The maximum absolute atomic E-state index is 13.4. The van der Waals surface area contributed by atoms with Crippen LogP contribution >= 0.6 is 11.6 Å². The van der Waals surface area contributed by atoms with E-state index in [2.05, 4.69) is 10.6 Å². The van der Waals surface area contributed by atoms with Gasteiger partial charge in [-0.1, -0.05) is 17.7 Å². The Morgan fingerprint density at radius 1 is 1.56 bits per heavy atom. The van der Waals surface area contributed by atoms with Gasteiger partial charge in [-0.15, -0.1) is 0 Å². The van der Waals surface area contributed by atoms with Crippen molar-refractivity contribution in [2.24, 2.45) is 0 Å². The van der Waals surface area contributed by atoms with Gasteiger partial charge in [0.25, 0.3) is 0 Å². The van der Waals surface area contributed by atoms with E-state index in [0.717, 1.165) is 0 Å². The predicted octanol–water partition coefficient (Wildman–Crippen LogP) is 1.37. The van der Waals surface area contributed by atoms with Crippen LogP contribution in [0.3, 0.4) is 0 Å². The minimum Gasteiger partial charge on any atom is -0.350 e. The quantitative estimate of drug-likeness (QED) is 0.872. The fraction of sp³-hybridized carbons (Fsp3) is 0.333. The van der Waals surface area contributed by atoms with Gasteiger partial charge in [-0.2, -0.15) is 0 Å². The van der Waals surface area contributed by atoms with Gasteiger partial charge in [-0.05, 0) is 18.6 Å². The number of hydrogen-bond acceptors (Lipinski definition) is 2. The standard InChI is InChI=1S/C12H12ClFN2O2/c13-8-2-1-7(9(14)5-8)6-15-12(18)10-3-4-11(17)16-10/h1-2,5,10H,3-4,6H2,(H,15,18)(H,16,17). The monoisotopic (exact) mass is 270 g/mol. The molecule has 0 aromatic heterocycles. The van der Waals surface area contributed by atoms with Crippen LogP contribution in [0.2, 0.25) is 5.02 Å². The molecule has 1 aromatic rings. The molecule has 0 radical (unpaired) electrons. The van der Waals surface area contributed by atoms with Crippen LogP contribution in [0.1, 0.15) is 18.4 Å². The first-order chi connectivity index (χ1) is 8.56. The molecule has 0 spiro atoms. The Labute approximate surface area is 109 Å². The summed E-state index contributed by atoms with van der Waals surface area (Å²) < 4.78 is 13.4. The van der Waals surface area contributed by atoms with E-state index in [4.69, 9.17) is 11.6 Å². The van der Waals surface area contributed by atoms with Gasteiger partial charge in [0, 0.05) is 23.6 Å². The Kier molecular flexibility index (Phi) is 3.81. The molecule has 1 aliphatic rings. The Bertz CT molecular complexity index is 493. The summed E-state index contributed by atoms with van der Waals surface area (Å²) in [6.45, 7) is 0.0776. The van der Waals surface area contributed by atoms with Crippen LogP contribution in [0.25, 0.3) is 0 Å². The third-order valence-electron chi connectivity index (χ3n) is 2.78. The first-order valence-corrected chi connectivity index (χ1v) is 5.95. The summed E-state index contributed by atoms with van der Waals surface area (Å²) in [4.78, 5) is 22.6. The van der Waals surface area contributed by atoms with Crippen molar-refractivity contribution >= 4 is 23.4 Å². The molecule has 1 fully saturated rings. The van der Waals surface area contributed by atoms with Crippen molar-refractivity contribution in [1.29, 1.82) is 0 Å². The van der Waals surface area contributed by atoms with Crippen LogP contribution in [-0.4, -0.2) is 17.9 Å². The summed E-state index contributed by atoms with van der Waals surface area (Å²) in [5, 5.41) is 5.44. The summed E-state index contributed by atoms with van der Waals surface area (Å²) in [7, 11) is 0. The highest BCUT2D eigenvalue weighted by Gasteiger charge is 2.26. The van der Waals surface area contributed by atoms with Crippen molar-refractivity contribution in [2.75, 3.05) is 0 Å². The molecule has 1 atom stereocenters. The fourth-order valence-corrected chi connectivity index (χ4v) is 1.94. The van der Waals surface area contributed by atoms with E-state index in [1.54, 1.807) is 6.07 Å². The molecule has 6 heteroatoms. The van der Waals surface area contributed by atoms with E-state index in [9.17, 15) is 14.0 Å². The zero-order chi connectivity index (χ0) is 13.1. The minimum atomic E-state index is -0.507. The van der Waals surface area contributed by atoms with Gasteiger partial charge in [0.05, 0.1) is 0 Å². The van der Waals surface area contributed by atoms with Crippen LogP contribution in [0, 0.1) is 5.82 Å². The largest absolute Gasteiger partial charge is 0.350 e. The lowest BCUT2D eigenvalue weighted by molar-refractivity contribution is -0.125. The highest BCUT2D eigenvalue weighted by molar-refractivity contribution is 6.30. The number of carbonyl (C=O) groups is 2. The summed E-state index contributed by atoms with van der Waals surface area (Å²) in [5.74, 6) is -0.888. The second-order valence-electron chi connectivity index (χ2n) is 4.11. The first kappa shape index (κ1) is 12.8. The van der Waals surface area contributed by atoms with Gasteiger partial charge in [0.2, 0.25) is 11.8 Å². The molecule has 4 nitrogen and oxygen atoms in total. The van der Waals surface area contributed by atoms with Crippen LogP contribution in [0.5, 0.6) is 0 Å². The van der Waals surface area contributed by atoms with Crippen molar-refractivity contribution in [1.82, 2.24) is 10.6 Å². The Hall–Kier alpha value is -1.62. The lowest BCUT2D eigenvalue weighted by Crippen LogP contribution is -2.41. The second-order valence-corrected chi connectivity index (χ2v) is 4.55. The van der Waals surface area contributed by atoms with E-state index in [1.165, 1.54) is 12.1 Å². The van der Waals surface area contributed by atoms with E-state index >= 15 is 0 Å². The molecular formula is C12H12ClFN2O2. The Balaban J connectivity index is 1.91. The van der Waals surface area contributed by atoms with Crippen molar-refractivity contribution in [3.05, 3.63) is 34.6 Å². The Morgan fingerprint density at radius 2 is 2.33 bits per heavy atom. The van der Waals surface area contributed by atoms with Gasteiger partial charge in [0.15, 0.2) is 0 Å². The molecule has 2 amide bonds. The summed E-state index contributed by atoms with van der Waals surface area (Å²) in [5.41, 5.74) is 0.358. The zero-order valence-electron chi connectivity index (χ0n) is 9.50. The van der Waals surface area contributed by atoms with Crippen molar-refractivity contribution < 1.29 is 14.0 Å². The summed E-state index contributed by atoms with van der Waals surface area (Å²) >= 11 is 5.62. The van der Waals surface area contributed by atoms with Gasteiger partial charge in [-0.3, -0.25) is 9.59 Å². The van der Waals surface area contributed by atoms with Gasteiger partial charge in [0.1, 0.15) is 11.9 Å². The molecule has 1 aromatic carbocycles. The number of nitrogens with one attached hydrogen (secondary N) is 2. The zero-order valence-corrected chi connectivity index (χ0v) is 10.3. The molecule has 1 saturated heterocycles. The normalized spacial score (nSPS) is 18.6. The predicted molar refractivity (Wildman–Crippen MR) is 64.4 cm³/mol. The van der Waals surface area contributed by atoms with Crippen LogP contribution in [-0.2, 0) is 16.1 Å². The third-order valence-corrected chi connectivity index (χ3v) is 3.02. The highest BCUT2D eigenvalue weighted by Crippen LogP contribution is 2.14. The first-order valence-electron chi connectivity index (χ1n) is 5.57. The third kappa shape index (κ3) is 2.98. The number of hydrogen-bond donors (Lipinski definition) is 2. The van der Waals surface area contributed by atoms with Gasteiger partial charge >= 0.3 is 0 Å². The van der Waals surface area contributed by atoms with Crippen LogP contribution in [0.15, 0.2) is 18.2 Å². The Morgan fingerprint density at radius 3 is 2.94 bits per heavy atom. The molecule has 1 unspecified atom stereocenters. The smallest absolute Gasteiger partial charge is 0.242 e. The van der Waals surface area contributed by atoms with Gasteiger partial charge < -0.3 is 10.6 Å². The van der Waals surface area contributed by atoms with E-state index in [1.807, 2.05) is 0 Å². The highest BCUT2D eigenvalue weighted by atomic mass is 35.5.